The zero-order chi connectivity index (χ0) is 19.0. The van der Waals surface area contributed by atoms with Crippen LogP contribution in [-0.4, -0.2) is 59.5 Å². The Hall–Kier alpha value is -2.87. The molecular weight excluding hydrogens is 344 g/mol. The first-order valence-corrected chi connectivity index (χ1v) is 9.25. The summed E-state index contributed by atoms with van der Waals surface area (Å²) in [5.74, 6) is 0.848. The number of nitrogens with zero attached hydrogens (tertiary/aromatic N) is 4. The molecule has 0 aliphatic carbocycles. The van der Waals surface area contributed by atoms with Crippen molar-refractivity contribution in [1.29, 1.82) is 0 Å². The van der Waals surface area contributed by atoms with Gasteiger partial charge in [0.25, 0.3) is 5.56 Å². The molecule has 1 aromatic heterocycles. The molecule has 0 radical (unpaired) electrons. The Labute approximate surface area is 157 Å². The summed E-state index contributed by atoms with van der Waals surface area (Å²) in [7, 11) is 0. The summed E-state index contributed by atoms with van der Waals surface area (Å²) in [6, 6.07) is 9.78. The number of nitrogens with two attached hydrogens (primary N) is 1. The number of hydrogen-bond acceptors (Lipinski definition) is 6. The van der Waals surface area contributed by atoms with Gasteiger partial charge in [0.05, 0.1) is 6.54 Å². The number of fused-ring (bicyclic) bond motifs is 1. The highest BCUT2D eigenvalue weighted by Gasteiger charge is 2.31. The van der Waals surface area contributed by atoms with Gasteiger partial charge in [-0.15, -0.1) is 0 Å². The van der Waals surface area contributed by atoms with Crippen LogP contribution in [-0.2, 0) is 11.2 Å². The number of carbonyl (C=O) groups excluding carboxylic acids is 1. The maximum absolute atomic E-state index is 12.9. The molecule has 0 spiro atoms. The van der Waals surface area contributed by atoms with E-state index >= 15 is 0 Å². The minimum absolute atomic E-state index is 0.122. The molecule has 2 aliphatic rings. The Balaban J connectivity index is 1.38. The number of piperazine rings is 1. The second kappa shape index (κ2) is 7.03. The van der Waals surface area contributed by atoms with E-state index in [-0.39, 0.29) is 23.5 Å². The van der Waals surface area contributed by atoms with E-state index in [2.05, 4.69) is 27.9 Å². The molecule has 2 aliphatic heterocycles. The predicted octanol–water partition coefficient (Wildman–Crippen LogP) is 0.452. The first-order valence-electron chi connectivity index (χ1n) is 9.25. The topological polar surface area (TPSA) is 98.6 Å². The molecule has 1 amide bonds. The lowest BCUT2D eigenvalue weighted by Gasteiger charge is -2.36. The molecule has 4 rings (SSSR count). The standard InChI is InChI=1S/C19H24N6O2/c1-13-10-14-4-2-3-5-15(14)25(13)18(27)12-23-6-8-24(9-7-23)16-11-17(26)22-19(20)21-16/h2-5,11,13H,6-10,12H2,1H3,(H3,20,21,22,26). The quantitative estimate of drug-likeness (QED) is 0.816. The summed E-state index contributed by atoms with van der Waals surface area (Å²) < 4.78 is 0. The Morgan fingerprint density at radius 2 is 2.00 bits per heavy atom. The molecular formula is C19H24N6O2. The zero-order valence-electron chi connectivity index (χ0n) is 15.4. The number of benzene rings is 1. The number of aromatic amines is 1. The SMILES string of the molecule is CC1Cc2ccccc2N1C(=O)CN1CCN(c2cc(=O)[nH]c(N)n2)CC1. The van der Waals surface area contributed by atoms with E-state index in [0.29, 0.717) is 25.5 Å². The van der Waals surface area contributed by atoms with E-state index in [1.807, 2.05) is 28.0 Å². The van der Waals surface area contributed by atoms with Gasteiger partial charge in [0, 0.05) is 44.0 Å². The minimum atomic E-state index is -0.253. The van der Waals surface area contributed by atoms with Crippen molar-refractivity contribution in [2.75, 3.05) is 48.3 Å². The van der Waals surface area contributed by atoms with Crippen LogP contribution in [0.15, 0.2) is 35.1 Å². The molecule has 27 heavy (non-hydrogen) atoms. The monoisotopic (exact) mass is 368 g/mol. The lowest BCUT2D eigenvalue weighted by Crippen LogP contribution is -2.51. The molecule has 0 saturated carbocycles. The fraction of sp³-hybridized carbons (Fsp3) is 0.421. The normalized spacial score (nSPS) is 20.0. The molecule has 1 unspecified atom stereocenters. The van der Waals surface area contributed by atoms with Crippen molar-refractivity contribution in [3.63, 3.8) is 0 Å². The van der Waals surface area contributed by atoms with Crippen molar-refractivity contribution >= 4 is 23.4 Å². The Bertz CT molecular complexity index is 903. The Morgan fingerprint density at radius 1 is 1.26 bits per heavy atom. The lowest BCUT2D eigenvalue weighted by molar-refractivity contribution is -0.120. The maximum atomic E-state index is 12.9. The third-order valence-electron chi connectivity index (χ3n) is 5.28. The van der Waals surface area contributed by atoms with Crippen molar-refractivity contribution in [2.45, 2.75) is 19.4 Å². The summed E-state index contributed by atoms with van der Waals surface area (Å²) in [5.41, 5.74) is 7.65. The van der Waals surface area contributed by atoms with Crippen LogP contribution in [0, 0.1) is 0 Å². The van der Waals surface area contributed by atoms with Gasteiger partial charge >= 0.3 is 0 Å². The molecule has 0 bridgehead atoms. The number of amides is 1. The largest absolute Gasteiger partial charge is 0.369 e. The van der Waals surface area contributed by atoms with Gasteiger partial charge in [-0.1, -0.05) is 18.2 Å². The molecule has 1 atom stereocenters. The number of nitrogens with one attached hydrogen (secondary N) is 1. The number of rotatable bonds is 3. The van der Waals surface area contributed by atoms with Crippen LogP contribution in [0.4, 0.5) is 17.5 Å². The van der Waals surface area contributed by atoms with Crippen LogP contribution in [0.1, 0.15) is 12.5 Å². The Morgan fingerprint density at radius 3 is 2.74 bits per heavy atom. The number of carbonyl (C=O) groups is 1. The molecule has 2 aromatic rings. The van der Waals surface area contributed by atoms with Crippen LogP contribution >= 0.6 is 0 Å². The third kappa shape index (κ3) is 3.52. The highest BCUT2D eigenvalue weighted by molar-refractivity contribution is 5.97. The molecule has 1 saturated heterocycles. The summed E-state index contributed by atoms with van der Waals surface area (Å²) >= 11 is 0. The minimum Gasteiger partial charge on any atom is -0.369 e. The predicted molar refractivity (Wildman–Crippen MR) is 105 cm³/mol. The Kier molecular flexibility index (Phi) is 4.57. The van der Waals surface area contributed by atoms with Gasteiger partial charge in [-0.2, -0.15) is 4.98 Å². The molecule has 8 heteroatoms. The maximum Gasteiger partial charge on any atom is 0.254 e. The fourth-order valence-electron chi connectivity index (χ4n) is 3.97. The molecule has 1 fully saturated rings. The van der Waals surface area contributed by atoms with Crippen molar-refractivity contribution in [3.8, 4) is 0 Å². The smallest absolute Gasteiger partial charge is 0.254 e. The number of hydrogen-bond donors (Lipinski definition) is 2. The zero-order valence-corrected chi connectivity index (χ0v) is 15.4. The summed E-state index contributed by atoms with van der Waals surface area (Å²) in [4.78, 5) is 37.3. The summed E-state index contributed by atoms with van der Waals surface area (Å²) in [6.07, 6.45) is 0.908. The second-order valence-electron chi connectivity index (χ2n) is 7.20. The van der Waals surface area contributed by atoms with E-state index in [1.54, 1.807) is 0 Å². The summed E-state index contributed by atoms with van der Waals surface area (Å²) in [6.45, 7) is 5.38. The number of aromatic nitrogens is 2. The summed E-state index contributed by atoms with van der Waals surface area (Å²) in [5, 5.41) is 0. The molecule has 142 valence electrons. The first kappa shape index (κ1) is 17.5. The average Bonchev–Trinajstić information content (AvgIpc) is 2.97. The van der Waals surface area contributed by atoms with E-state index in [9.17, 15) is 9.59 Å². The van der Waals surface area contributed by atoms with Gasteiger partial charge < -0.3 is 15.5 Å². The van der Waals surface area contributed by atoms with E-state index in [1.165, 1.54) is 11.6 Å². The van der Waals surface area contributed by atoms with Crippen LogP contribution in [0.5, 0.6) is 0 Å². The molecule has 3 heterocycles. The number of H-pyrrole nitrogens is 1. The lowest BCUT2D eigenvalue weighted by atomic mass is 10.1. The highest BCUT2D eigenvalue weighted by Crippen LogP contribution is 2.31. The number of nitrogen functional groups attached to an aromatic ring is 1. The van der Waals surface area contributed by atoms with Crippen molar-refractivity contribution in [2.24, 2.45) is 0 Å². The molecule has 3 N–H and O–H groups in total. The van der Waals surface area contributed by atoms with Crippen molar-refractivity contribution < 1.29 is 4.79 Å². The van der Waals surface area contributed by atoms with E-state index in [4.69, 9.17) is 5.73 Å². The van der Waals surface area contributed by atoms with Crippen molar-refractivity contribution in [1.82, 2.24) is 14.9 Å². The van der Waals surface area contributed by atoms with E-state index < -0.39 is 0 Å². The number of para-hydroxylation sites is 1. The third-order valence-corrected chi connectivity index (χ3v) is 5.28. The first-order chi connectivity index (χ1) is 13.0. The van der Waals surface area contributed by atoms with Crippen LogP contribution in [0.2, 0.25) is 0 Å². The number of anilines is 3. The van der Waals surface area contributed by atoms with Crippen LogP contribution in [0.3, 0.4) is 0 Å². The molecule has 1 aromatic carbocycles. The fourth-order valence-corrected chi connectivity index (χ4v) is 3.97. The van der Waals surface area contributed by atoms with Crippen LogP contribution < -0.4 is 21.1 Å². The highest BCUT2D eigenvalue weighted by atomic mass is 16.2. The van der Waals surface area contributed by atoms with Gasteiger partial charge in [-0.25, -0.2) is 0 Å². The average molecular weight is 368 g/mol. The molecule has 8 nitrogen and oxygen atoms in total. The van der Waals surface area contributed by atoms with Gasteiger partial charge in [0.1, 0.15) is 5.82 Å². The van der Waals surface area contributed by atoms with Gasteiger partial charge in [0.15, 0.2) is 0 Å². The van der Waals surface area contributed by atoms with Gasteiger partial charge in [0.2, 0.25) is 11.9 Å². The van der Waals surface area contributed by atoms with E-state index in [0.717, 1.165) is 25.2 Å². The van der Waals surface area contributed by atoms with Gasteiger partial charge in [-0.3, -0.25) is 19.5 Å². The van der Waals surface area contributed by atoms with Crippen LogP contribution in [0.25, 0.3) is 0 Å². The van der Waals surface area contributed by atoms with Crippen molar-refractivity contribution in [3.05, 3.63) is 46.2 Å². The van der Waals surface area contributed by atoms with Gasteiger partial charge in [-0.05, 0) is 25.0 Å². The second-order valence-corrected chi connectivity index (χ2v) is 7.20.